The standard InChI is InChI=1S/C20H28N2O7/c1-20(2,3)29-17(25)10-11-21-12-13-4-6-14(7-5-13)18(26)22-15(19(27)28)8-9-16(23)24/h4-7,15,21H,8-12H2,1-3H3,(H,22,26)(H,23,24)(H,27,28)/t15-/m1/s1. The van der Waals surface area contributed by atoms with E-state index in [1.165, 1.54) is 0 Å². The van der Waals surface area contributed by atoms with Gasteiger partial charge < -0.3 is 25.6 Å². The lowest BCUT2D eigenvalue weighted by Crippen LogP contribution is -2.41. The molecule has 29 heavy (non-hydrogen) atoms. The molecule has 0 aromatic heterocycles. The van der Waals surface area contributed by atoms with Gasteiger partial charge in [0.1, 0.15) is 11.6 Å². The summed E-state index contributed by atoms with van der Waals surface area (Å²) >= 11 is 0. The average Bonchev–Trinajstić information content (AvgIpc) is 2.60. The Hall–Kier alpha value is -2.94. The zero-order valence-electron chi connectivity index (χ0n) is 16.9. The van der Waals surface area contributed by atoms with Gasteiger partial charge in [-0.2, -0.15) is 0 Å². The number of esters is 1. The molecule has 9 nitrogen and oxygen atoms in total. The van der Waals surface area contributed by atoms with E-state index in [0.717, 1.165) is 5.56 Å². The number of ether oxygens (including phenoxy) is 1. The molecule has 1 aromatic rings. The predicted octanol–water partition coefficient (Wildman–Crippen LogP) is 1.56. The van der Waals surface area contributed by atoms with Crippen LogP contribution >= 0.6 is 0 Å². The van der Waals surface area contributed by atoms with E-state index in [1.54, 1.807) is 45.0 Å². The third-order valence-electron chi connectivity index (χ3n) is 3.72. The minimum atomic E-state index is -1.29. The number of carboxylic acids is 2. The number of amides is 1. The first-order chi connectivity index (χ1) is 13.5. The molecule has 0 aliphatic heterocycles. The molecule has 0 aliphatic rings. The van der Waals surface area contributed by atoms with Gasteiger partial charge in [-0.15, -0.1) is 0 Å². The second kappa shape index (κ2) is 11.2. The molecule has 1 aromatic carbocycles. The molecule has 1 atom stereocenters. The molecular formula is C20H28N2O7. The van der Waals surface area contributed by atoms with E-state index in [2.05, 4.69) is 10.6 Å². The van der Waals surface area contributed by atoms with Crippen LogP contribution in [0.25, 0.3) is 0 Å². The third kappa shape index (κ3) is 10.2. The van der Waals surface area contributed by atoms with E-state index in [9.17, 15) is 19.2 Å². The number of aliphatic carboxylic acids is 2. The summed E-state index contributed by atoms with van der Waals surface area (Å²) < 4.78 is 5.21. The molecule has 0 heterocycles. The normalized spacial score (nSPS) is 12.1. The predicted molar refractivity (Wildman–Crippen MR) is 104 cm³/mol. The van der Waals surface area contributed by atoms with Crippen molar-refractivity contribution in [3.8, 4) is 0 Å². The van der Waals surface area contributed by atoms with Crippen molar-refractivity contribution in [1.29, 1.82) is 0 Å². The minimum Gasteiger partial charge on any atom is -0.481 e. The topological polar surface area (TPSA) is 142 Å². The highest BCUT2D eigenvalue weighted by Crippen LogP contribution is 2.09. The molecule has 160 valence electrons. The minimum absolute atomic E-state index is 0.198. The van der Waals surface area contributed by atoms with Gasteiger partial charge in [-0.1, -0.05) is 12.1 Å². The van der Waals surface area contributed by atoms with E-state index in [4.69, 9.17) is 14.9 Å². The van der Waals surface area contributed by atoms with Crippen molar-refractivity contribution < 1.29 is 34.1 Å². The summed E-state index contributed by atoms with van der Waals surface area (Å²) in [5.41, 5.74) is 0.635. The second-order valence-corrected chi connectivity index (χ2v) is 7.51. The van der Waals surface area contributed by atoms with E-state index in [0.29, 0.717) is 13.1 Å². The first-order valence-electron chi connectivity index (χ1n) is 9.25. The van der Waals surface area contributed by atoms with E-state index >= 15 is 0 Å². The van der Waals surface area contributed by atoms with Crippen molar-refractivity contribution in [3.63, 3.8) is 0 Å². The average molecular weight is 408 g/mol. The number of carboxylic acid groups (broad SMARTS) is 2. The number of hydrogen-bond donors (Lipinski definition) is 4. The first kappa shape index (κ1) is 24.1. The summed E-state index contributed by atoms with van der Waals surface area (Å²) in [6, 6.07) is 5.25. The van der Waals surface area contributed by atoms with Gasteiger partial charge >= 0.3 is 17.9 Å². The van der Waals surface area contributed by atoms with Crippen molar-refractivity contribution in [2.45, 2.75) is 58.2 Å². The number of nitrogens with one attached hydrogen (secondary N) is 2. The van der Waals surface area contributed by atoms with E-state index in [1.807, 2.05) is 0 Å². The van der Waals surface area contributed by atoms with Crippen LogP contribution in [0, 0.1) is 0 Å². The number of carbonyl (C=O) groups is 4. The summed E-state index contributed by atoms with van der Waals surface area (Å²) in [4.78, 5) is 45.5. The van der Waals surface area contributed by atoms with Crippen molar-refractivity contribution >= 4 is 23.8 Å². The zero-order valence-corrected chi connectivity index (χ0v) is 16.9. The van der Waals surface area contributed by atoms with Crippen LogP contribution in [0.4, 0.5) is 0 Å². The lowest BCUT2D eigenvalue weighted by Gasteiger charge is -2.19. The van der Waals surface area contributed by atoms with Crippen LogP contribution in [0.2, 0.25) is 0 Å². The lowest BCUT2D eigenvalue weighted by atomic mass is 10.1. The summed E-state index contributed by atoms with van der Waals surface area (Å²) in [6.07, 6.45) is -0.314. The monoisotopic (exact) mass is 408 g/mol. The molecule has 0 spiro atoms. The number of hydrogen-bond acceptors (Lipinski definition) is 6. The molecule has 0 radical (unpaired) electrons. The van der Waals surface area contributed by atoms with Gasteiger partial charge in [0.25, 0.3) is 5.91 Å². The van der Waals surface area contributed by atoms with Crippen LogP contribution in [-0.2, 0) is 25.7 Å². The summed E-state index contributed by atoms with van der Waals surface area (Å²) in [7, 11) is 0. The Kier molecular flexibility index (Phi) is 9.27. The van der Waals surface area contributed by atoms with Gasteiger partial charge in [0.2, 0.25) is 0 Å². The quantitative estimate of drug-likeness (QED) is 0.319. The summed E-state index contributed by atoms with van der Waals surface area (Å²) in [6.45, 7) is 6.35. The second-order valence-electron chi connectivity index (χ2n) is 7.51. The number of benzene rings is 1. The van der Waals surface area contributed by atoms with Crippen molar-refractivity contribution in [2.75, 3.05) is 6.54 Å². The fraction of sp³-hybridized carbons (Fsp3) is 0.500. The van der Waals surface area contributed by atoms with Crippen molar-refractivity contribution in [1.82, 2.24) is 10.6 Å². The molecule has 0 unspecified atom stereocenters. The van der Waals surface area contributed by atoms with Gasteiger partial charge in [0, 0.05) is 25.1 Å². The SMILES string of the molecule is CC(C)(C)OC(=O)CCNCc1ccc(C(=O)N[C@H](CCC(=O)O)C(=O)O)cc1. The highest BCUT2D eigenvalue weighted by molar-refractivity contribution is 5.96. The van der Waals surface area contributed by atoms with Gasteiger partial charge in [-0.3, -0.25) is 14.4 Å². The van der Waals surface area contributed by atoms with Gasteiger partial charge in [-0.25, -0.2) is 4.79 Å². The van der Waals surface area contributed by atoms with Crippen LogP contribution in [0.5, 0.6) is 0 Å². The number of carbonyl (C=O) groups excluding carboxylic acids is 2. The number of rotatable bonds is 11. The smallest absolute Gasteiger partial charge is 0.326 e. The molecule has 9 heteroatoms. The van der Waals surface area contributed by atoms with Crippen molar-refractivity contribution in [3.05, 3.63) is 35.4 Å². The highest BCUT2D eigenvalue weighted by atomic mass is 16.6. The Bertz CT molecular complexity index is 723. The molecular weight excluding hydrogens is 380 g/mol. The van der Waals surface area contributed by atoms with Crippen LogP contribution in [0.3, 0.4) is 0 Å². The Balaban J connectivity index is 2.47. The van der Waals surface area contributed by atoms with Crippen LogP contribution in [0.1, 0.15) is 56.0 Å². The van der Waals surface area contributed by atoms with Gasteiger partial charge in [0.15, 0.2) is 0 Å². The van der Waals surface area contributed by atoms with Gasteiger partial charge in [-0.05, 0) is 44.9 Å². The van der Waals surface area contributed by atoms with E-state index < -0.39 is 29.5 Å². The lowest BCUT2D eigenvalue weighted by molar-refractivity contribution is -0.154. The maximum absolute atomic E-state index is 12.2. The Morgan fingerprint density at radius 2 is 1.66 bits per heavy atom. The van der Waals surface area contributed by atoms with Crippen LogP contribution in [-0.4, -0.2) is 52.2 Å². The fourth-order valence-corrected chi connectivity index (χ4v) is 2.36. The maximum atomic E-state index is 12.2. The Morgan fingerprint density at radius 1 is 1.03 bits per heavy atom. The molecule has 4 N–H and O–H groups in total. The summed E-state index contributed by atoms with van der Waals surface area (Å²) in [5.74, 6) is -3.29. The Labute approximate surface area is 169 Å². The Morgan fingerprint density at radius 3 is 2.17 bits per heavy atom. The third-order valence-corrected chi connectivity index (χ3v) is 3.72. The molecule has 1 rings (SSSR count). The molecule has 1 amide bonds. The first-order valence-corrected chi connectivity index (χ1v) is 9.25. The highest BCUT2D eigenvalue weighted by Gasteiger charge is 2.21. The van der Waals surface area contributed by atoms with E-state index in [-0.39, 0.29) is 30.8 Å². The molecule has 0 saturated heterocycles. The molecule has 0 fully saturated rings. The van der Waals surface area contributed by atoms with Gasteiger partial charge in [0.05, 0.1) is 6.42 Å². The molecule has 0 saturated carbocycles. The largest absolute Gasteiger partial charge is 0.481 e. The maximum Gasteiger partial charge on any atom is 0.326 e. The molecule has 0 aliphatic carbocycles. The fourth-order valence-electron chi connectivity index (χ4n) is 2.36. The molecule has 0 bridgehead atoms. The van der Waals surface area contributed by atoms with Crippen LogP contribution < -0.4 is 10.6 Å². The zero-order chi connectivity index (χ0) is 22.0. The van der Waals surface area contributed by atoms with Crippen molar-refractivity contribution in [2.24, 2.45) is 0 Å². The van der Waals surface area contributed by atoms with Crippen LogP contribution in [0.15, 0.2) is 24.3 Å². The summed E-state index contributed by atoms with van der Waals surface area (Å²) in [5, 5.41) is 23.2.